The van der Waals surface area contributed by atoms with E-state index in [9.17, 15) is 26.4 Å². The van der Waals surface area contributed by atoms with E-state index in [0.29, 0.717) is 11.1 Å². The van der Waals surface area contributed by atoms with Crippen molar-refractivity contribution in [1.29, 1.82) is 0 Å². The summed E-state index contributed by atoms with van der Waals surface area (Å²) in [4.78, 5) is 13.7. The molecule has 0 aliphatic carbocycles. The number of hydrogen-bond acceptors (Lipinski definition) is 3. The van der Waals surface area contributed by atoms with E-state index in [2.05, 4.69) is 0 Å². The van der Waals surface area contributed by atoms with Gasteiger partial charge in [0.05, 0.1) is 15.2 Å². The molecule has 1 saturated heterocycles. The molecule has 0 spiro atoms. The first-order valence-corrected chi connectivity index (χ1v) is 11.1. The van der Waals surface area contributed by atoms with E-state index >= 15 is 0 Å². The van der Waals surface area contributed by atoms with E-state index in [4.69, 9.17) is 11.6 Å². The second-order valence-electron chi connectivity index (χ2n) is 7.90. The average Bonchev–Trinajstić information content (AvgIpc) is 3.04. The van der Waals surface area contributed by atoms with Crippen molar-refractivity contribution in [2.75, 3.05) is 6.54 Å². The molecule has 1 aliphatic heterocycles. The number of carbonyl (C=O) groups is 1. The molecule has 0 radical (unpaired) electrons. The third kappa shape index (κ3) is 4.21. The van der Waals surface area contributed by atoms with Crippen LogP contribution in [0, 0.1) is 5.92 Å². The van der Waals surface area contributed by atoms with Crippen LogP contribution < -0.4 is 0 Å². The van der Waals surface area contributed by atoms with Gasteiger partial charge in [0, 0.05) is 30.5 Å². The number of sulfone groups is 1. The maximum Gasteiger partial charge on any atom is 0.416 e. The monoisotopic (exact) mass is 459 g/mol. The Hall–Kier alpha value is -2.06. The van der Waals surface area contributed by atoms with Crippen LogP contribution in [-0.4, -0.2) is 30.5 Å². The molecule has 1 atom stereocenters. The number of benzene rings is 2. The average molecular weight is 460 g/mol. The van der Waals surface area contributed by atoms with Gasteiger partial charge in [0.25, 0.3) is 0 Å². The molecule has 0 aromatic heterocycles. The highest BCUT2D eigenvalue weighted by molar-refractivity contribution is 7.92. The van der Waals surface area contributed by atoms with Gasteiger partial charge in [-0.1, -0.05) is 35.9 Å². The van der Waals surface area contributed by atoms with Gasteiger partial charge in [-0.15, -0.1) is 0 Å². The molecular weight excluding hydrogens is 439 g/mol. The van der Waals surface area contributed by atoms with Crippen LogP contribution in [0.15, 0.2) is 53.4 Å². The van der Waals surface area contributed by atoms with E-state index < -0.39 is 37.1 Å². The highest BCUT2D eigenvalue weighted by Crippen LogP contribution is 2.40. The maximum absolute atomic E-state index is 13.2. The third-order valence-corrected chi connectivity index (χ3v) is 8.64. The Morgan fingerprint density at radius 3 is 2.40 bits per heavy atom. The van der Waals surface area contributed by atoms with E-state index in [1.165, 1.54) is 18.7 Å². The Morgan fingerprint density at radius 1 is 1.10 bits per heavy atom. The zero-order valence-electron chi connectivity index (χ0n) is 16.4. The molecule has 2 aromatic carbocycles. The summed E-state index contributed by atoms with van der Waals surface area (Å²) in [7, 11) is -4.14. The molecule has 9 heteroatoms. The van der Waals surface area contributed by atoms with Gasteiger partial charge >= 0.3 is 6.18 Å². The van der Waals surface area contributed by atoms with Crippen molar-refractivity contribution in [3.63, 3.8) is 0 Å². The number of rotatable bonds is 5. The molecule has 2 aromatic rings. The minimum Gasteiger partial charge on any atom is -0.338 e. The fraction of sp³-hybridized carbons (Fsp3) is 0.381. The Morgan fingerprint density at radius 2 is 1.77 bits per heavy atom. The van der Waals surface area contributed by atoms with Crippen LogP contribution in [0.2, 0.25) is 5.02 Å². The lowest BCUT2D eigenvalue weighted by Gasteiger charge is -2.31. The van der Waals surface area contributed by atoms with Gasteiger partial charge in [0.1, 0.15) is 0 Å². The van der Waals surface area contributed by atoms with Gasteiger partial charge in [-0.2, -0.15) is 13.2 Å². The summed E-state index contributed by atoms with van der Waals surface area (Å²) in [6.07, 6.45) is -4.65. The first kappa shape index (κ1) is 22.6. The van der Waals surface area contributed by atoms with Gasteiger partial charge in [0.2, 0.25) is 5.91 Å². The number of amides is 1. The normalized spacial score (nSPS) is 18.1. The quantitative estimate of drug-likeness (QED) is 0.635. The molecular formula is C21H21ClF3NO3S. The van der Waals surface area contributed by atoms with Crippen LogP contribution in [0.5, 0.6) is 0 Å². The van der Waals surface area contributed by atoms with E-state index in [1.54, 1.807) is 24.3 Å². The van der Waals surface area contributed by atoms with Gasteiger partial charge in [-0.3, -0.25) is 4.79 Å². The lowest BCUT2D eigenvalue weighted by atomic mass is 9.94. The third-order valence-electron chi connectivity index (χ3n) is 5.68. The van der Waals surface area contributed by atoms with Gasteiger partial charge in [-0.25, -0.2) is 8.42 Å². The molecule has 0 N–H and O–H groups in total. The van der Waals surface area contributed by atoms with Crippen LogP contribution in [0.3, 0.4) is 0 Å². The van der Waals surface area contributed by atoms with Gasteiger partial charge in [-0.05, 0) is 43.7 Å². The molecule has 1 aliphatic rings. The molecule has 3 rings (SSSR count). The fourth-order valence-electron chi connectivity index (χ4n) is 3.59. The lowest BCUT2D eigenvalue weighted by molar-refractivity contribution is -0.137. The molecule has 1 heterocycles. The Bertz CT molecular complexity index is 1070. The van der Waals surface area contributed by atoms with Crippen molar-refractivity contribution in [3.8, 4) is 0 Å². The minimum atomic E-state index is -4.65. The van der Waals surface area contributed by atoms with Crippen LogP contribution in [0.25, 0.3) is 0 Å². The fourth-order valence-corrected chi connectivity index (χ4v) is 5.53. The molecule has 162 valence electrons. The second-order valence-corrected chi connectivity index (χ2v) is 10.8. The van der Waals surface area contributed by atoms with Crippen LogP contribution >= 0.6 is 11.6 Å². The van der Waals surface area contributed by atoms with Crippen molar-refractivity contribution in [3.05, 3.63) is 64.7 Å². The maximum atomic E-state index is 13.2. The van der Waals surface area contributed by atoms with Crippen molar-refractivity contribution in [2.24, 2.45) is 5.92 Å². The smallest absolute Gasteiger partial charge is 0.338 e. The number of halogens is 4. The van der Waals surface area contributed by atoms with Gasteiger partial charge in [0.15, 0.2) is 9.84 Å². The van der Waals surface area contributed by atoms with Crippen molar-refractivity contribution in [1.82, 2.24) is 4.90 Å². The first-order chi connectivity index (χ1) is 13.8. The van der Waals surface area contributed by atoms with Crippen molar-refractivity contribution in [2.45, 2.75) is 42.6 Å². The lowest BCUT2D eigenvalue weighted by Crippen LogP contribution is -2.41. The molecule has 30 heavy (non-hydrogen) atoms. The zero-order valence-corrected chi connectivity index (χ0v) is 18.0. The Balaban J connectivity index is 1.86. The molecule has 1 fully saturated rings. The summed E-state index contributed by atoms with van der Waals surface area (Å²) in [5.74, 6) is -0.792. The molecule has 0 bridgehead atoms. The van der Waals surface area contributed by atoms with Crippen LogP contribution in [0.1, 0.15) is 31.4 Å². The topological polar surface area (TPSA) is 54.5 Å². The summed E-state index contributed by atoms with van der Waals surface area (Å²) in [5, 5.41) is 0.504. The summed E-state index contributed by atoms with van der Waals surface area (Å²) in [6.45, 7) is 3.34. The molecule has 1 unspecified atom stereocenters. The number of likely N-dealkylation sites (tertiary alicyclic amines) is 1. The minimum absolute atomic E-state index is 0.00432. The summed E-state index contributed by atoms with van der Waals surface area (Å²) >= 11 is 6.16. The summed E-state index contributed by atoms with van der Waals surface area (Å²) in [6, 6.07) is 10.8. The molecule has 1 amide bonds. The number of alkyl halides is 3. The predicted molar refractivity (Wildman–Crippen MR) is 108 cm³/mol. The van der Waals surface area contributed by atoms with Crippen molar-refractivity contribution < 1.29 is 26.4 Å². The summed E-state index contributed by atoms with van der Waals surface area (Å²) in [5.41, 5.74) is -0.283. The van der Waals surface area contributed by atoms with E-state index in [0.717, 1.165) is 23.8 Å². The van der Waals surface area contributed by atoms with Gasteiger partial charge < -0.3 is 4.90 Å². The number of carbonyl (C=O) groups excluding carboxylic acids is 1. The Kier molecular flexibility index (Phi) is 5.95. The van der Waals surface area contributed by atoms with E-state index in [-0.39, 0.29) is 25.4 Å². The van der Waals surface area contributed by atoms with E-state index in [1.807, 2.05) is 0 Å². The number of hydrogen-bond donors (Lipinski definition) is 0. The SMILES string of the molecule is CC(C)(C1CC(=O)N(Cc2ccccc2Cl)C1)S(=O)(=O)c1cccc(C(F)(F)F)c1. The zero-order chi connectivity index (χ0) is 22.3. The highest BCUT2D eigenvalue weighted by Gasteiger charge is 2.48. The first-order valence-electron chi connectivity index (χ1n) is 9.27. The number of nitrogens with zero attached hydrogens (tertiary/aromatic N) is 1. The standard InChI is InChI=1S/C21H21ClF3NO3S/c1-20(2,30(28,29)17-8-5-7-15(10-17)21(23,24)25)16-11-19(27)26(13-16)12-14-6-3-4-9-18(14)22/h3-10,16H,11-13H2,1-2H3. The van der Waals surface area contributed by atoms with Crippen LogP contribution in [-0.2, 0) is 27.4 Å². The predicted octanol–water partition coefficient (Wildman–Crippen LogP) is 4.96. The molecule has 0 saturated carbocycles. The van der Waals surface area contributed by atoms with Crippen molar-refractivity contribution >= 4 is 27.3 Å². The highest BCUT2D eigenvalue weighted by atomic mass is 35.5. The molecule has 4 nitrogen and oxygen atoms in total. The summed E-state index contributed by atoms with van der Waals surface area (Å²) < 4.78 is 64.1. The van der Waals surface area contributed by atoms with Crippen LogP contribution in [0.4, 0.5) is 13.2 Å². The second kappa shape index (κ2) is 7.89. The largest absolute Gasteiger partial charge is 0.416 e. The Labute approximate surface area is 178 Å².